The maximum absolute atomic E-state index is 3.60. The van der Waals surface area contributed by atoms with Crippen LogP contribution in [-0.2, 0) is 0 Å². The molecule has 0 radical (unpaired) electrons. The summed E-state index contributed by atoms with van der Waals surface area (Å²) in [5, 5.41) is 6.09. The van der Waals surface area contributed by atoms with Gasteiger partial charge >= 0.3 is 0 Å². The molecule has 1 heteroatoms. The van der Waals surface area contributed by atoms with Crippen molar-refractivity contribution in [1.82, 2.24) is 0 Å². The van der Waals surface area contributed by atoms with Gasteiger partial charge in [-0.05, 0) is 34.5 Å². The molecule has 25 heavy (non-hydrogen) atoms. The minimum atomic E-state index is 1.08. The van der Waals surface area contributed by atoms with Gasteiger partial charge in [0.1, 0.15) is 0 Å². The van der Waals surface area contributed by atoms with Gasteiger partial charge in [-0.25, -0.2) is 0 Å². The molecule has 0 spiro atoms. The molecule has 0 aromatic heterocycles. The maximum Gasteiger partial charge on any atom is 0.0470 e. The first-order chi connectivity index (χ1) is 12.4. The molecule has 0 heterocycles. The molecule has 0 atom stereocenters. The highest BCUT2D eigenvalue weighted by atomic mass is 14.9. The van der Waals surface area contributed by atoms with E-state index in [0.29, 0.717) is 0 Å². The number of benzene rings is 4. The van der Waals surface area contributed by atoms with Crippen LogP contribution in [0.5, 0.6) is 0 Å². The molecule has 1 nitrogen and oxygen atoms in total. The van der Waals surface area contributed by atoms with E-state index in [1.54, 1.807) is 0 Å². The minimum Gasteiger partial charge on any atom is -0.355 e. The molecule has 0 bridgehead atoms. The van der Waals surface area contributed by atoms with Gasteiger partial charge in [0.15, 0.2) is 0 Å². The van der Waals surface area contributed by atoms with Crippen molar-refractivity contribution in [1.29, 1.82) is 0 Å². The summed E-state index contributed by atoms with van der Waals surface area (Å²) >= 11 is 0. The Kier molecular flexibility index (Phi) is 4.30. The van der Waals surface area contributed by atoms with Crippen LogP contribution in [0.2, 0.25) is 0 Å². The molecule has 1 N–H and O–H groups in total. The Morgan fingerprint density at radius 2 is 1.24 bits per heavy atom. The van der Waals surface area contributed by atoms with Crippen LogP contribution in [0, 0.1) is 0 Å². The molecule has 0 saturated carbocycles. The Bertz CT molecular complexity index is 996. The number of para-hydroxylation sites is 1. The molecule has 0 aliphatic carbocycles. The molecule has 120 valence electrons. The van der Waals surface area contributed by atoms with Gasteiger partial charge in [-0.15, -0.1) is 0 Å². The van der Waals surface area contributed by atoms with Gasteiger partial charge in [0, 0.05) is 16.9 Å². The highest BCUT2D eigenvalue weighted by Gasteiger charge is 2.07. The van der Waals surface area contributed by atoms with Crippen molar-refractivity contribution in [2.24, 2.45) is 0 Å². The largest absolute Gasteiger partial charge is 0.355 e. The zero-order valence-electron chi connectivity index (χ0n) is 13.9. The molecule has 4 rings (SSSR count). The van der Waals surface area contributed by atoms with Gasteiger partial charge < -0.3 is 5.32 Å². The van der Waals surface area contributed by atoms with Crippen LogP contribution in [0.1, 0.15) is 11.1 Å². The smallest absolute Gasteiger partial charge is 0.0470 e. The van der Waals surface area contributed by atoms with Crippen molar-refractivity contribution in [3.8, 4) is 0 Å². The third-order valence-corrected chi connectivity index (χ3v) is 4.24. The highest BCUT2D eigenvalue weighted by Crippen LogP contribution is 2.28. The molecule has 4 aromatic carbocycles. The van der Waals surface area contributed by atoms with Crippen LogP contribution in [0.3, 0.4) is 0 Å². The quantitative estimate of drug-likeness (QED) is 0.426. The van der Waals surface area contributed by atoms with Crippen LogP contribution in [-0.4, -0.2) is 0 Å². The summed E-state index contributed by atoms with van der Waals surface area (Å²) in [6.07, 6.45) is 2.20. The maximum atomic E-state index is 3.60. The van der Waals surface area contributed by atoms with E-state index in [1.165, 1.54) is 21.9 Å². The Labute approximate surface area is 148 Å². The fourth-order valence-electron chi connectivity index (χ4n) is 3.03. The average molecular weight is 321 g/mol. The van der Waals surface area contributed by atoms with E-state index in [1.807, 2.05) is 24.3 Å². The molecule has 0 fully saturated rings. The van der Waals surface area contributed by atoms with Gasteiger partial charge in [-0.3, -0.25) is 0 Å². The van der Waals surface area contributed by atoms with Crippen molar-refractivity contribution in [2.75, 3.05) is 5.32 Å². The lowest BCUT2D eigenvalue weighted by molar-refractivity contribution is 1.56. The van der Waals surface area contributed by atoms with Crippen molar-refractivity contribution >= 4 is 28.2 Å². The predicted octanol–water partition coefficient (Wildman–Crippen LogP) is 6.45. The first kappa shape index (κ1) is 15.2. The van der Waals surface area contributed by atoms with Gasteiger partial charge in [0.2, 0.25) is 0 Å². The van der Waals surface area contributed by atoms with E-state index in [9.17, 15) is 0 Å². The van der Waals surface area contributed by atoms with Crippen molar-refractivity contribution < 1.29 is 0 Å². The third-order valence-electron chi connectivity index (χ3n) is 4.24. The summed E-state index contributed by atoms with van der Waals surface area (Å²) in [7, 11) is 0. The van der Waals surface area contributed by atoms with Crippen molar-refractivity contribution in [3.63, 3.8) is 0 Å². The molecule has 0 aliphatic heterocycles. The summed E-state index contributed by atoms with van der Waals surface area (Å²) in [5.41, 5.74) is 4.55. The normalized spacial score (nSPS) is 11.4. The van der Waals surface area contributed by atoms with Crippen LogP contribution in [0.25, 0.3) is 22.5 Å². The summed E-state index contributed by atoms with van der Waals surface area (Å²) < 4.78 is 0. The van der Waals surface area contributed by atoms with E-state index in [-0.39, 0.29) is 0 Å². The summed E-state index contributed by atoms with van der Waals surface area (Å²) in [4.78, 5) is 0. The Hall–Kier alpha value is -3.32. The molecule has 0 amide bonds. The van der Waals surface area contributed by atoms with E-state index in [4.69, 9.17) is 0 Å². The standard InChI is InChI=1S/C24H19N/c1-3-10-19(11-4-1)18-24(25-21-14-5-2-6-15-21)23-17-9-13-20-12-7-8-16-22(20)23/h1-18,25H. The third kappa shape index (κ3) is 3.46. The van der Waals surface area contributed by atoms with Crippen molar-refractivity contribution in [3.05, 3.63) is 114 Å². The average Bonchev–Trinajstić information content (AvgIpc) is 2.69. The zero-order valence-corrected chi connectivity index (χ0v) is 13.9. The van der Waals surface area contributed by atoms with Gasteiger partial charge in [-0.2, -0.15) is 0 Å². The Morgan fingerprint density at radius 3 is 2.04 bits per heavy atom. The van der Waals surface area contributed by atoms with E-state index < -0.39 is 0 Å². The van der Waals surface area contributed by atoms with Crippen LogP contribution < -0.4 is 5.32 Å². The topological polar surface area (TPSA) is 12.0 Å². The molecular weight excluding hydrogens is 302 g/mol. The first-order valence-corrected chi connectivity index (χ1v) is 8.47. The second-order valence-electron chi connectivity index (χ2n) is 5.99. The number of hydrogen-bond donors (Lipinski definition) is 1. The monoisotopic (exact) mass is 321 g/mol. The molecule has 0 saturated heterocycles. The number of rotatable bonds is 4. The van der Waals surface area contributed by atoms with E-state index in [0.717, 1.165) is 11.4 Å². The lowest BCUT2D eigenvalue weighted by Crippen LogP contribution is -1.99. The fourth-order valence-corrected chi connectivity index (χ4v) is 3.03. The number of nitrogens with one attached hydrogen (secondary N) is 1. The molecular formula is C24H19N. The van der Waals surface area contributed by atoms with Gasteiger partial charge in [0.25, 0.3) is 0 Å². The van der Waals surface area contributed by atoms with Gasteiger partial charge in [0.05, 0.1) is 0 Å². The summed E-state index contributed by atoms with van der Waals surface area (Å²) in [6.45, 7) is 0. The SMILES string of the molecule is C(=C(Nc1ccccc1)c1cccc2ccccc12)c1ccccc1. The number of anilines is 1. The molecule has 0 unspecified atom stereocenters. The zero-order chi connectivity index (χ0) is 16.9. The number of hydrogen-bond acceptors (Lipinski definition) is 1. The summed E-state index contributed by atoms with van der Waals surface area (Å²) in [5.74, 6) is 0. The minimum absolute atomic E-state index is 1.08. The number of fused-ring (bicyclic) bond motifs is 1. The highest BCUT2D eigenvalue weighted by molar-refractivity contribution is 6.00. The fraction of sp³-hybridized carbons (Fsp3) is 0. The predicted molar refractivity (Wildman–Crippen MR) is 108 cm³/mol. The van der Waals surface area contributed by atoms with Crippen LogP contribution in [0.15, 0.2) is 103 Å². The second-order valence-corrected chi connectivity index (χ2v) is 5.99. The lowest BCUT2D eigenvalue weighted by atomic mass is 10.0. The summed E-state index contributed by atoms with van der Waals surface area (Å²) in [6, 6.07) is 35.7. The van der Waals surface area contributed by atoms with E-state index in [2.05, 4.69) is 90.3 Å². The molecule has 4 aromatic rings. The Morgan fingerprint density at radius 1 is 0.600 bits per heavy atom. The van der Waals surface area contributed by atoms with Crippen LogP contribution >= 0.6 is 0 Å². The van der Waals surface area contributed by atoms with Crippen molar-refractivity contribution in [2.45, 2.75) is 0 Å². The lowest BCUT2D eigenvalue weighted by Gasteiger charge is -2.14. The van der Waals surface area contributed by atoms with Crippen LogP contribution in [0.4, 0.5) is 5.69 Å². The molecule has 0 aliphatic rings. The Balaban J connectivity index is 1.86. The van der Waals surface area contributed by atoms with Gasteiger partial charge in [-0.1, -0.05) is 91.0 Å². The van der Waals surface area contributed by atoms with E-state index >= 15 is 0 Å². The first-order valence-electron chi connectivity index (χ1n) is 8.47. The second kappa shape index (κ2) is 7.06.